The highest BCUT2D eigenvalue weighted by Gasteiger charge is 2.44. The fourth-order valence-electron chi connectivity index (χ4n) is 2.09. The molecule has 108 valence electrons. The van der Waals surface area contributed by atoms with Gasteiger partial charge in [-0.05, 0) is 37.5 Å². The highest BCUT2D eigenvalue weighted by molar-refractivity contribution is 7.81. The molecular formula is C14H17NO4S. The van der Waals surface area contributed by atoms with Crippen molar-refractivity contribution >= 4 is 24.6 Å². The van der Waals surface area contributed by atoms with Gasteiger partial charge in [-0.25, -0.2) is 4.79 Å². The van der Waals surface area contributed by atoms with E-state index in [1.54, 1.807) is 14.0 Å². The largest absolute Gasteiger partial charge is 0.497 e. The van der Waals surface area contributed by atoms with Crippen LogP contribution < -0.4 is 10.1 Å². The van der Waals surface area contributed by atoms with Crippen molar-refractivity contribution in [2.75, 3.05) is 7.11 Å². The van der Waals surface area contributed by atoms with E-state index in [1.807, 2.05) is 24.3 Å². The lowest BCUT2D eigenvalue weighted by molar-refractivity contribution is -0.124. The van der Waals surface area contributed by atoms with Crippen LogP contribution in [0.2, 0.25) is 0 Å². The van der Waals surface area contributed by atoms with Crippen LogP contribution in [0.5, 0.6) is 5.75 Å². The van der Waals surface area contributed by atoms with Gasteiger partial charge >= 0.3 is 6.09 Å². The van der Waals surface area contributed by atoms with Crippen LogP contribution in [0, 0.1) is 0 Å². The predicted octanol–water partition coefficient (Wildman–Crippen LogP) is 1.95. The maximum Gasteiger partial charge on any atom is 0.414 e. The number of ether oxygens (including phenoxy) is 2. The van der Waals surface area contributed by atoms with E-state index in [0.717, 1.165) is 17.7 Å². The van der Waals surface area contributed by atoms with Crippen LogP contribution in [0.3, 0.4) is 0 Å². The minimum atomic E-state index is -0.850. The van der Waals surface area contributed by atoms with Crippen molar-refractivity contribution in [3.63, 3.8) is 0 Å². The van der Waals surface area contributed by atoms with E-state index in [-0.39, 0.29) is 0 Å². The van der Waals surface area contributed by atoms with E-state index in [1.165, 1.54) is 0 Å². The molecular weight excluding hydrogens is 278 g/mol. The van der Waals surface area contributed by atoms with Gasteiger partial charge in [0.05, 0.1) is 11.9 Å². The molecule has 0 bridgehead atoms. The van der Waals surface area contributed by atoms with Gasteiger partial charge in [0, 0.05) is 0 Å². The predicted molar refractivity (Wildman–Crippen MR) is 77.1 cm³/mol. The zero-order chi connectivity index (χ0) is 14.8. The number of nitrogens with one attached hydrogen (secondary N) is 1. The van der Waals surface area contributed by atoms with Crippen LogP contribution in [0.4, 0.5) is 4.79 Å². The Bertz CT molecular complexity index is 512. The summed E-state index contributed by atoms with van der Waals surface area (Å²) >= 11 is 4.49. The molecule has 20 heavy (non-hydrogen) atoms. The first kappa shape index (κ1) is 14.7. The first-order chi connectivity index (χ1) is 9.42. The summed E-state index contributed by atoms with van der Waals surface area (Å²) in [7, 11) is 1.62. The maximum absolute atomic E-state index is 11.6. The number of amides is 2. The van der Waals surface area contributed by atoms with E-state index < -0.39 is 22.9 Å². The number of hydrogen-bond donors (Lipinski definition) is 2. The summed E-state index contributed by atoms with van der Waals surface area (Å²) in [5.41, 5.74) is 1.11. The average Bonchev–Trinajstić information content (AvgIpc) is 2.77. The molecule has 1 aromatic carbocycles. The SMILES string of the molecule is COc1ccc(CCC(C)(S)C2OC(=O)NC2=O)cc1. The van der Waals surface area contributed by atoms with E-state index >= 15 is 0 Å². The van der Waals surface area contributed by atoms with Gasteiger partial charge in [0.15, 0.2) is 6.10 Å². The van der Waals surface area contributed by atoms with Crippen molar-refractivity contribution in [1.82, 2.24) is 5.32 Å². The highest BCUT2D eigenvalue weighted by Crippen LogP contribution is 2.30. The van der Waals surface area contributed by atoms with Gasteiger partial charge in [0.25, 0.3) is 5.91 Å². The Morgan fingerprint density at radius 3 is 2.50 bits per heavy atom. The van der Waals surface area contributed by atoms with Crippen molar-refractivity contribution in [3.05, 3.63) is 29.8 Å². The third-order valence-electron chi connectivity index (χ3n) is 3.33. The van der Waals surface area contributed by atoms with Crippen molar-refractivity contribution in [1.29, 1.82) is 0 Å². The average molecular weight is 295 g/mol. The zero-order valence-corrected chi connectivity index (χ0v) is 12.3. The number of imide groups is 1. The number of rotatable bonds is 5. The fraction of sp³-hybridized carbons (Fsp3) is 0.429. The second-order valence-corrected chi connectivity index (χ2v) is 6.00. The van der Waals surface area contributed by atoms with E-state index in [9.17, 15) is 9.59 Å². The Kier molecular flexibility index (Phi) is 4.23. The van der Waals surface area contributed by atoms with Gasteiger partial charge < -0.3 is 9.47 Å². The smallest absolute Gasteiger partial charge is 0.414 e. The minimum Gasteiger partial charge on any atom is -0.497 e. The minimum absolute atomic E-state index is 0.428. The van der Waals surface area contributed by atoms with Crippen LogP contribution in [-0.2, 0) is 16.0 Å². The molecule has 0 aliphatic carbocycles. The number of benzene rings is 1. The van der Waals surface area contributed by atoms with Crippen LogP contribution in [0.15, 0.2) is 24.3 Å². The molecule has 2 rings (SSSR count). The summed E-state index contributed by atoms with van der Waals surface area (Å²) in [5, 5.41) is 2.12. The lowest BCUT2D eigenvalue weighted by Crippen LogP contribution is -2.41. The number of alkyl carbamates (subject to hydrolysis) is 1. The molecule has 2 atom stereocenters. The van der Waals surface area contributed by atoms with Crippen LogP contribution in [0.1, 0.15) is 18.9 Å². The van der Waals surface area contributed by atoms with Crippen molar-refractivity contribution in [2.24, 2.45) is 0 Å². The fourth-order valence-corrected chi connectivity index (χ4v) is 2.37. The maximum atomic E-state index is 11.6. The first-order valence-electron chi connectivity index (χ1n) is 6.29. The number of cyclic esters (lactones) is 1. The molecule has 1 aliphatic heterocycles. The molecule has 6 heteroatoms. The number of carbonyl (C=O) groups excluding carboxylic acids is 2. The third-order valence-corrected chi connectivity index (χ3v) is 3.79. The zero-order valence-electron chi connectivity index (χ0n) is 11.4. The Morgan fingerprint density at radius 1 is 1.35 bits per heavy atom. The van der Waals surface area contributed by atoms with Gasteiger partial charge in [0.1, 0.15) is 5.75 Å². The summed E-state index contributed by atoms with van der Waals surface area (Å²) in [6.45, 7) is 1.79. The first-order valence-corrected chi connectivity index (χ1v) is 6.74. The standard InChI is InChI=1S/C14H17NO4S/c1-14(20,11-12(16)15-13(17)19-11)8-7-9-3-5-10(18-2)6-4-9/h3-6,11,20H,7-8H2,1-2H3,(H,15,16,17). The Morgan fingerprint density at radius 2 is 2.00 bits per heavy atom. The summed E-state index contributed by atoms with van der Waals surface area (Å²) in [5.74, 6) is 0.369. The molecule has 2 unspecified atom stereocenters. The second kappa shape index (κ2) is 5.75. The number of hydrogen-bond acceptors (Lipinski definition) is 5. The molecule has 2 amide bonds. The molecule has 1 saturated heterocycles. The lowest BCUT2D eigenvalue weighted by Gasteiger charge is -2.27. The lowest BCUT2D eigenvalue weighted by atomic mass is 9.94. The third kappa shape index (κ3) is 3.25. The summed E-state index contributed by atoms with van der Waals surface area (Å²) < 4.78 is 9.35. The monoisotopic (exact) mass is 295 g/mol. The summed E-state index contributed by atoms with van der Waals surface area (Å²) in [6, 6.07) is 7.69. The highest BCUT2D eigenvalue weighted by atomic mass is 32.1. The molecule has 1 heterocycles. The van der Waals surface area contributed by atoms with Crippen LogP contribution in [0.25, 0.3) is 0 Å². The summed E-state index contributed by atoms with van der Waals surface area (Å²) in [6.07, 6.45) is -0.222. The number of aryl methyl sites for hydroxylation is 1. The molecule has 5 nitrogen and oxygen atoms in total. The quantitative estimate of drug-likeness (QED) is 0.815. The van der Waals surface area contributed by atoms with Gasteiger partial charge in [-0.1, -0.05) is 12.1 Å². The van der Waals surface area contributed by atoms with E-state index in [4.69, 9.17) is 9.47 Å². The molecule has 0 spiro atoms. The van der Waals surface area contributed by atoms with Crippen molar-refractivity contribution in [3.8, 4) is 5.75 Å². The van der Waals surface area contributed by atoms with E-state index in [0.29, 0.717) is 6.42 Å². The van der Waals surface area contributed by atoms with Gasteiger partial charge in [0.2, 0.25) is 0 Å². The molecule has 0 aromatic heterocycles. The Balaban J connectivity index is 1.97. The van der Waals surface area contributed by atoms with Crippen molar-refractivity contribution < 1.29 is 19.1 Å². The molecule has 1 N–H and O–H groups in total. The number of carbonyl (C=O) groups is 2. The molecule has 1 fully saturated rings. The second-order valence-electron chi connectivity index (χ2n) is 4.98. The topological polar surface area (TPSA) is 64.6 Å². The summed E-state index contributed by atoms with van der Waals surface area (Å²) in [4.78, 5) is 22.7. The molecule has 1 aliphatic rings. The van der Waals surface area contributed by atoms with Gasteiger partial charge in [-0.2, -0.15) is 12.6 Å². The Labute approximate surface area is 123 Å². The molecule has 0 saturated carbocycles. The van der Waals surface area contributed by atoms with Crippen LogP contribution >= 0.6 is 12.6 Å². The molecule has 0 radical (unpaired) electrons. The number of thiol groups is 1. The number of methoxy groups -OCH3 is 1. The van der Waals surface area contributed by atoms with E-state index in [2.05, 4.69) is 17.9 Å². The van der Waals surface area contributed by atoms with Crippen molar-refractivity contribution in [2.45, 2.75) is 30.6 Å². The Hall–Kier alpha value is -1.69. The van der Waals surface area contributed by atoms with Gasteiger partial charge in [-0.15, -0.1) is 0 Å². The van der Waals surface area contributed by atoms with Gasteiger partial charge in [-0.3, -0.25) is 10.1 Å². The molecule has 1 aromatic rings. The normalized spacial score (nSPS) is 21.1. The van der Waals surface area contributed by atoms with Crippen LogP contribution in [-0.4, -0.2) is 30.0 Å².